The van der Waals surface area contributed by atoms with E-state index >= 15 is 0 Å². The molecule has 0 saturated carbocycles. The van der Waals surface area contributed by atoms with Gasteiger partial charge in [-0.05, 0) is 22.1 Å². The minimum absolute atomic E-state index is 0.0973. The Morgan fingerprint density at radius 3 is 2.42 bits per heavy atom. The highest BCUT2D eigenvalue weighted by Crippen LogP contribution is 2.23. The molecule has 0 amide bonds. The average molecular weight is 346 g/mol. The maximum atomic E-state index is 7.76. The van der Waals surface area contributed by atoms with Crippen molar-refractivity contribution in [3.63, 3.8) is 0 Å². The van der Waals surface area contributed by atoms with Crippen LogP contribution in [-0.4, -0.2) is 15.4 Å². The smallest absolute Gasteiger partial charge is 0.123 e. The van der Waals surface area contributed by atoms with Crippen molar-refractivity contribution in [2.24, 2.45) is 5.73 Å². The monoisotopic (exact) mass is 346 g/mol. The van der Waals surface area contributed by atoms with Gasteiger partial charge in [0.15, 0.2) is 0 Å². The molecule has 0 aliphatic rings. The number of nitrogens with one attached hydrogen (secondary N) is 1. The molecule has 0 bridgehead atoms. The molecule has 3 aromatic rings. The van der Waals surface area contributed by atoms with E-state index in [1.807, 2.05) is 36.7 Å². The standard InChI is InChI=1S/C22H26N4/c1-22(2,3)18-10-8-16(9-11-18)14-20-25-12-13-26(20)15-17-6-4-5-7-19(17)21(23)24/h4-13H,14-15H2,1-3H3,(H3,23,24). The van der Waals surface area contributed by atoms with Gasteiger partial charge in [-0.1, -0.05) is 69.3 Å². The summed E-state index contributed by atoms with van der Waals surface area (Å²) in [7, 11) is 0. The van der Waals surface area contributed by atoms with Crippen molar-refractivity contribution in [3.05, 3.63) is 89.0 Å². The maximum Gasteiger partial charge on any atom is 0.123 e. The lowest BCUT2D eigenvalue weighted by atomic mass is 9.86. The summed E-state index contributed by atoms with van der Waals surface area (Å²) >= 11 is 0. The van der Waals surface area contributed by atoms with Gasteiger partial charge in [0.05, 0.1) is 0 Å². The minimum atomic E-state index is 0.0973. The fourth-order valence-electron chi connectivity index (χ4n) is 3.06. The SMILES string of the molecule is CC(C)(C)c1ccc(Cc2nccn2Cc2ccccc2C(=N)N)cc1. The van der Waals surface area contributed by atoms with Gasteiger partial charge in [0, 0.05) is 30.9 Å². The van der Waals surface area contributed by atoms with Gasteiger partial charge in [-0.2, -0.15) is 0 Å². The molecule has 0 saturated heterocycles. The fraction of sp³-hybridized carbons (Fsp3) is 0.273. The van der Waals surface area contributed by atoms with Crippen LogP contribution in [0.15, 0.2) is 60.9 Å². The average Bonchev–Trinajstić information content (AvgIpc) is 3.02. The largest absolute Gasteiger partial charge is 0.384 e. The molecular weight excluding hydrogens is 320 g/mol. The Kier molecular flexibility index (Phi) is 4.94. The highest BCUT2D eigenvalue weighted by atomic mass is 15.1. The second kappa shape index (κ2) is 7.16. The number of amidine groups is 1. The fourth-order valence-corrected chi connectivity index (χ4v) is 3.06. The van der Waals surface area contributed by atoms with Gasteiger partial charge in [0.25, 0.3) is 0 Å². The number of aromatic nitrogens is 2. The third kappa shape index (κ3) is 4.02. The van der Waals surface area contributed by atoms with Crippen LogP contribution in [0.25, 0.3) is 0 Å². The molecule has 1 heterocycles. The molecule has 26 heavy (non-hydrogen) atoms. The highest BCUT2D eigenvalue weighted by molar-refractivity contribution is 5.96. The Hall–Kier alpha value is -2.88. The molecule has 0 radical (unpaired) electrons. The van der Waals surface area contributed by atoms with Crippen molar-refractivity contribution in [2.75, 3.05) is 0 Å². The first-order chi connectivity index (χ1) is 12.3. The summed E-state index contributed by atoms with van der Waals surface area (Å²) in [5, 5.41) is 7.76. The summed E-state index contributed by atoms with van der Waals surface area (Å²) in [5.74, 6) is 1.10. The van der Waals surface area contributed by atoms with Crippen LogP contribution in [-0.2, 0) is 18.4 Å². The van der Waals surface area contributed by atoms with Crippen molar-refractivity contribution in [2.45, 2.75) is 39.2 Å². The van der Waals surface area contributed by atoms with Crippen LogP contribution in [0.2, 0.25) is 0 Å². The normalized spacial score (nSPS) is 11.5. The Labute approximate surface area is 155 Å². The van der Waals surface area contributed by atoms with Crippen LogP contribution in [0.4, 0.5) is 0 Å². The predicted molar refractivity (Wildman–Crippen MR) is 107 cm³/mol. The highest BCUT2D eigenvalue weighted by Gasteiger charge is 2.13. The number of rotatable bonds is 5. The van der Waals surface area contributed by atoms with E-state index in [1.54, 1.807) is 0 Å². The topological polar surface area (TPSA) is 67.7 Å². The molecule has 0 atom stereocenters. The molecule has 1 aromatic heterocycles. The van der Waals surface area contributed by atoms with Crippen LogP contribution < -0.4 is 5.73 Å². The first-order valence-electron chi connectivity index (χ1n) is 8.86. The summed E-state index contributed by atoms with van der Waals surface area (Å²) in [6, 6.07) is 16.6. The molecule has 3 rings (SSSR count). The first kappa shape index (κ1) is 17.9. The zero-order chi connectivity index (χ0) is 18.7. The summed E-state index contributed by atoms with van der Waals surface area (Å²) < 4.78 is 2.12. The number of hydrogen-bond donors (Lipinski definition) is 2. The molecule has 4 nitrogen and oxygen atoms in total. The number of nitrogens with zero attached hydrogens (tertiary/aromatic N) is 2. The van der Waals surface area contributed by atoms with Gasteiger partial charge in [0.1, 0.15) is 11.7 Å². The maximum absolute atomic E-state index is 7.76. The van der Waals surface area contributed by atoms with E-state index in [0.29, 0.717) is 6.54 Å². The van der Waals surface area contributed by atoms with Gasteiger partial charge in [-0.15, -0.1) is 0 Å². The third-order valence-corrected chi connectivity index (χ3v) is 4.63. The molecule has 0 spiro atoms. The third-order valence-electron chi connectivity index (χ3n) is 4.63. The van der Waals surface area contributed by atoms with Crippen LogP contribution >= 0.6 is 0 Å². The molecule has 3 N–H and O–H groups in total. The number of hydrogen-bond acceptors (Lipinski definition) is 2. The van der Waals surface area contributed by atoms with E-state index in [2.05, 4.69) is 54.6 Å². The molecule has 0 unspecified atom stereocenters. The summed E-state index contributed by atoms with van der Waals surface area (Å²) in [6.07, 6.45) is 4.59. The number of nitrogen functional groups attached to an aromatic ring is 1. The molecule has 2 aromatic carbocycles. The van der Waals surface area contributed by atoms with Gasteiger partial charge in [0.2, 0.25) is 0 Å². The number of benzene rings is 2. The lowest BCUT2D eigenvalue weighted by molar-refractivity contribution is 0.590. The quantitative estimate of drug-likeness (QED) is 0.539. The Morgan fingerprint density at radius 2 is 1.77 bits per heavy atom. The van der Waals surface area contributed by atoms with Crippen molar-refractivity contribution in [1.29, 1.82) is 5.41 Å². The lowest BCUT2D eigenvalue weighted by Crippen LogP contribution is -2.16. The zero-order valence-electron chi connectivity index (χ0n) is 15.7. The van der Waals surface area contributed by atoms with Gasteiger partial charge < -0.3 is 10.3 Å². The Morgan fingerprint density at radius 1 is 1.08 bits per heavy atom. The van der Waals surface area contributed by atoms with E-state index in [-0.39, 0.29) is 11.3 Å². The second-order valence-corrected chi connectivity index (χ2v) is 7.67. The molecule has 134 valence electrons. The predicted octanol–water partition coefficient (Wildman–Crippen LogP) is 4.10. The van der Waals surface area contributed by atoms with Crippen molar-refractivity contribution < 1.29 is 0 Å². The lowest BCUT2D eigenvalue weighted by Gasteiger charge is -2.19. The first-order valence-corrected chi connectivity index (χ1v) is 8.86. The van der Waals surface area contributed by atoms with Crippen molar-refractivity contribution in [3.8, 4) is 0 Å². The van der Waals surface area contributed by atoms with Crippen LogP contribution in [0.3, 0.4) is 0 Å². The molecule has 0 aliphatic carbocycles. The van der Waals surface area contributed by atoms with Gasteiger partial charge >= 0.3 is 0 Å². The summed E-state index contributed by atoms with van der Waals surface area (Å²) in [5.41, 5.74) is 10.3. The number of imidazole rings is 1. The Balaban J connectivity index is 1.80. The van der Waals surface area contributed by atoms with Crippen molar-refractivity contribution >= 4 is 5.84 Å². The summed E-state index contributed by atoms with van der Waals surface area (Å²) in [6.45, 7) is 7.33. The van der Waals surface area contributed by atoms with E-state index in [9.17, 15) is 0 Å². The molecule has 0 aliphatic heterocycles. The molecule has 0 fully saturated rings. The van der Waals surface area contributed by atoms with E-state index in [1.165, 1.54) is 11.1 Å². The minimum Gasteiger partial charge on any atom is -0.384 e. The van der Waals surface area contributed by atoms with E-state index in [4.69, 9.17) is 11.1 Å². The van der Waals surface area contributed by atoms with Crippen LogP contribution in [0.5, 0.6) is 0 Å². The zero-order valence-corrected chi connectivity index (χ0v) is 15.7. The van der Waals surface area contributed by atoms with Crippen LogP contribution in [0.1, 0.15) is 48.8 Å². The summed E-state index contributed by atoms with van der Waals surface area (Å²) in [4.78, 5) is 4.53. The van der Waals surface area contributed by atoms with Crippen LogP contribution in [0, 0.1) is 5.41 Å². The Bertz CT molecular complexity index is 898. The molecular formula is C22H26N4. The van der Waals surface area contributed by atoms with Gasteiger partial charge in [-0.25, -0.2) is 4.98 Å². The van der Waals surface area contributed by atoms with E-state index in [0.717, 1.165) is 23.4 Å². The number of nitrogens with two attached hydrogens (primary N) is 1. The molecule has 4 heteroatoms. The second-order valence-electron chi connectivity index (χ2n) is 7.67. The van der Waals surface area contributed by atoms with Crippen molar-refractivity contribution in [1.82, 2.24) is 9.55 Å². The van der Waals surface area contributed by atoms with E-state index < -0.39 is 0 Å². The van der Waals surface area contributed by atoms with Gasteiger partial charge in [-0.3, -0.25) is 5.41 Å².